The molecule has 0 spiro atoms. The van der Waals surface area contributed by atoms with Gasteiger partial charge in [-0.2, -0.15) is 0 Å². The Labute approximate surface area is 139 Å². The van der Waals surface area contributed by atoms with Gasteiger partial charge in [0.1, 0.15) is 0 Å². The number of likely N-dealkylation sites (tertiary alicyclic amines) is 1. The summed E-state index contributed by atoms with van der Waals surface area (Å²) < 4.78 is 25.2. The third kappa shape index (κ3) is 3.56. The van der Waals surface area contributed by atoms with Gasteiger partial charge >= 0.3 is 6.03 Å². The van der Waals surface area contributed by atoms with Crippen molar-refractivity contribution in [3.8, 4) is 0 Å². The van der Waals surface area contributed by atoms with Gasteiger partial charge in [-0.15, -0.1) is 11.3 Å². The predicted molar refractivity (Wildman–Crippen MR) is 90.2 cm³/mol. The molecule has 1 fully saturated rings. The second-order valence-corrected chi connectivity index (χ2v) is 8.71. The van der Waals surface area contributed by atoms with Gasteiger partial charge in [-0.1, -0.05) is 24.3 Å². The first kappa shape index (κ1) is 16.0. The first-order valence-corrected chi connectivity index (χ1v) is 9.84. The molecule has 0 radical (unpaired) electrons. The second kappa shape index (κ2) is 6.72. The minimum absolute atomic E-state index is 0.204. The van der Waals surface area contributed by atoms with Crippen molar-refractivity contribution in [3.63, 3.8) is 0 Å². The largest absolute Gasteiger partial charge is 0.333 e. The van der Waals surface area contributed by atoms with E-state index >= 15 is 0 Å². The molecule has 0 aliphatic carbocycles. The number of nitrogens with one attached hydrogen (secondary N) is 1. The fourth-order valence-corrected chi connectivity index (χ4v) is 5.01. The number of urea groups is 1. The van der Waals surface area contributed by atoms with Crippen molar-refractivity contribution in [2.75, 3.05) is 13.1 Å². The van der Waals surface area contributed by atoms with Crippen molar-refractivity contribution in [1.82, 2.24) is 10.2 Å². The molecule has 2 amide bonds. The molecular formula is C16H18N2O3S2. The molecule has 23 heavy (non-hydrogen) atoms. The van der Waals surface area contributed by atoms with E-state index in [1.54, 1.807) is 46.6 Å². The van der Waals surface area contributed by atoms with Crippen molar-refractivity contribution < 1.29 is 13.2 Å². The average molecular weight is 350 g/mol. The maximum absolute atomic E-state index is 12.6. The first-order chi connectivity index (χ1) is 11.1. The number of carbonyl (C=O) groups excluding carboxylic acids is 1. The quantitative estimate of drug-likeness (QED) is 0.921. The summed E-state index contributed by atoms with van der Waals surface area (Å²) in [5.74, 6) is 0. The van der Waals surface area contributed by atoms with Gasteiger partial charge in [0, 0.05) is 18.0 Å². The molecule has 1 saturated heterocycles. The van der Waals surface area contributed by atoms with Crippen LogP contribution in [0.5, 0.6) is 0 Å². The molecule has 1 N–H and O–H groups in total. The summed E-state index contributed by atoms with van der Waals surface area (Å²) in [6.45, 7) is 1.18. The van der Waals surface area contributed by atoms with E-state index in [0.29, 0.717) is 24.4 Å². The van der Waals surface area contributed by atoms with Crippen molar-refractivity contribution in [2.24, 2.45) is 0 Å². The molecule has 3 rings (SSSR count). The van der Waals surface area contributed by atoms with Gasteiger partial charge in [0.2, 0.25) is 0 Å². The van der Waals surface area contributed by atoms with Crippen LogP contribution in [0.4, 0.5) is 4.79 Å². The summed E-state index contributed by atoms with van der Waals surface area (Å²) in [7, 11) is -3.38. The number of amides is 2. The average Bonchev–Trinajstić information content (AvgIpc) is 3.25. The summed E-state index contributed by atoms with van der Waals surface area (Å²) in [6, 6.07) is 12.1. The van der Waals surface area contributed by atoms with Gasteiger partial charge in [0.05, 0.1) is 16.7 Å². The van der Waals surface area contributed by atoms with Crippen LogP contribution in [0.3, 0.4) is 0 Å². The molecule has 7 heteroatoms. The summed E-state index contributed by atoms with van der Waals surface area (Å²) >= 11 is 1.58. The standard InChI is InChI=1S/C16H18N2O3S2/c19-16(17-11-13-5-4-10-22-13)18-9-8-15(12-18)23(20,21)14-6-2-1-3-7-14/h1-7,10,15H,8-9,11-12H2,(H,17,19). The Hall–Kier alpha value is -1.86. The molecule has 5 nitrogen and oxygen atoms in total. The topological polar surface area (TPSA) is 66.5 Å². The zero-order valence-electron chi connectivity index (χ0n) is 12.5. The van der Waals surface area contributed by atoms with E-state index in [-0.39, 0.29) is 12.6 Å². The number of thiophene rings is 1. The lowest BCUT2D eigenvalue weighted by Crippen LogP contribution is -2.39. The van der Waals surface area contributed by atoms with Crippen molar-refractivity contribution in [1.29, 1.82) is 0 Å². The number of sulfone groups is 1. The lowest BCUT2D eigenvalue weighted by Gasteiger charge is -2.17. The monoisotopic (exact) mass is 350 g/mol. The number of rotatable bonds is 4. The van der Waals surface area contributed by atoms with Crippen LogP contribution in [-0.2, 0) is 16.4 Å². The van der Waals surface area contributed by atoms with Gasteiger partial charge in [0.15, 0.2) is 9.84 Å². The molecule has 1 aliphatic heterocycles. The van der Waals surface area contributed by atoms with E-state index in [1.165, 1.54) is 0 Å². The zero-order chi connectivity index (χ0) is 16.3. The molecule has 0 bridgehead atoms. The van der Waals surface area contributed by atoms with E-state index in [2.05, 4.69) is 5.32 Å². The number of hydrogen-bond acceptors (Lipinski definition) is 4. The van der Waals surface area contributed by atoms with Crippen LogP contribution in [0.15, 0.2) is 52.7 Å². The molecule has 2 aromatic rings. The van der Waals surface area contributed by atoms with Crippen LogP contribution in [-0.4, -0.2) is 37.7 Å². The number of carbonyl (C=O) groups is 1. The third-order valence-corrected chi connectivity index (χ3v) is 7.00. The molecule has 1 unspecified atom stereocenters. The Bertz CT molecular complexity index is 758. The number of nitrogens with zero attached hydrogens (tertiary/aromatic N) is 1. The van der Waals surface area contributed by atoms with E-state index in [0.717, 1.165) is 4.88 Å². The normalized spacial score (nSPS) is 18.1. The number of hydrogen-bond donors (Lipinski definition) is 1. The molecular weight excluding hydrogens is 332 g/mol. The maximum Gasteiger partial charge on any atom is 0.317 e. The molecule has 1 aliphatic rings. The molecule has 1 aromatic carbocycles. The summed E-state index contributed by atoms with van der Waals surface area (Å²) in [5, 5.41) is 4.27. The Balaban J connectivity index is 1.61. The second-order valence-electron chi connectivity index (χ2n) is 5.45. The first-order valence-electron chi connectivity index (χ1n) is 7.41. The maximum atomic E-state index is 12.6. The fraction of sp³-hybridized carbons (Fsp3) is 0.312. The summed E-state index contributed by atoms with van der Waals surface area (Å²) in [5.41, 5.74) is 0. The molecule has 2 heterocycles. The fourth-order valence-electron chi connectivity index (χ4n) is 2.66. The van der Waals surface area contributed by atoms with E-state index < -0.39 is 15.1 Å². The highest BCUT2D eigenvalue weighted by Crippen LogP contribution is 2.23. The third-order valence-electron chi connectivity index (χ3n) is 3.94. The van der Waals surface area contributed by atoms with Crippen LogP contribution in [0.25, 0.3) is 0 Å². The lowest BCUT2D eigenvalue weighted by atomic mass is 10.4. The van der Waals surface area contributed by atoms with E-state index in [4.69, 9.17) is 0 Å². The van der Waals surface area contributed by atoms with Gasteiger partial charge in [0.25, 0.3) is 0 Å². The predicted octanol–water partition coefficient (Wildman–Crippen LogP) is 2.51. The zero-order valence-corrected chi connectivity index (χ0v) is 14.1. The Morgan fingerprint density at radius 2 is 2.00 bits per heavy atom. The van der Waals surface area contributed by atoms with Crippen LogP contribution in [0, 0.1) is 0 Å². The number of benzene rings is 1. The van der Waals surface area contributed by atoms with E-state index in [1.807, 2.05) is 17.5 Å². The van der Waals surface area contributed by atoms with Crippen LogP contribution in [0.1, 0.15) is 11.3 Å². The molecule has 122 valence electrons. The van der Waals surface area contributed by atoms with Gasteiger partial charge < -0.3 is 10.2 Å². The molecule has 1 aromatic heterocycles. The van der Waals surface area contributed by atoms with Crippen LogP contribution >= 0.6 is 11.3 Å². The highest BCUT2D eigenvalue weighted by Gasteiger charge is 2.35. The van der Waals surface area contributed by atoms with Gasteiger partial charge in [-0.3, -0.25) is 0 Å². The van der Waals surface area contributed by atoms with Crippen LogP contribution in [0.2, 0.25) is 0 Å². The summed E-state index contributed by atoms with van der Waals surface area (Å²) in [4.78, 5) is 15.2. The van der Waals surface area contributed by atoms with Gasteiger partial charge in [-0.25, -0.2) is 13.2 Å². The smallest absolute Gasteiger partial charge is 0.317 e. The highest BCUT2D eigenvalue weighted by molar-refractivity contribution is 7.92. The minimum atomic E-state index is -3.38. The Morgan fingerprint density at radius 3 is 2.70 bits per heavy atom. The minimum Gasteiger partial charge on any atom is -0.333 e. The van der Waals surface area contributed by atoms with Crippen molar-refractivity contribution in [2.45, 2.75) is 23.1 Å². The Kier molecular flexibility index (Phi) is 4.68. The van der Waals surface area contributed by atoms with E-state index in [9.17, 15) is 13.2 Å². The van der Waals surface area contributed by atoms with Crippen LogP contribution < -0.4 is 5.32 Å². The van der Waals surface area contributed by atoms with Crippen molar-refractivity contribution >= 4 is 27.2 Å². The summed E-state index contributed by atoms with van der Waals surface area (Å²) in [6.07, 6.45) is 0.476. The van der Waals surface area contributed by atoms with Gasteiger partial charge in [-0.05, 0) is 30.0 Å². The molecule has 0 saturated carbocycles. The molecule has 1 atom stereocenters. The Morgan fingerprint density at radius 1 is 1.22 bits per heavy atom. The van der Waals surface area contributed by atoms with Crippen molar-refractivity contribution in [3.05, 3.63) is 52.7 Å². The SMILES string of the molecule is O=C(NCc1cccs1)N1CCC(S(=O)(=O)c2ccccc2)C1. The highest BCUT2D eigenvalue weighted by atomic mass is 32.2. The lowest BCUT2D eigenvalue weighted by molar-refractivity contribution is 0.208.